The second kappa shape index (κ2) is 10.4. The monoisotopic (exact) mass is 490 g/mol. The summed E-state index contributed by atoms with van der Waals surface area (Å²) >= 11 is 7.23. The van der Waals surface area contributed by atoms with Gasteiger partial charge < -0.3 is 24.7 Å². The maximum absolute atomic E-state index is 12.7. The Balaban J connectivity index is 1.38. The van der Waals surface area contributed by atoms with Crippen LogP contribution in [0.1, 0.15) is 28.7 Å². The van der Waals surface area contributed by atoms with Crippen LogP contribution in [0.25, 0.3) is 10.2 Å². The predicted octanol–water partition coefficient (Wildman–Crippen LogP) is 2.33. The Kier molecular flexibility index (Phi) is 7.39. The van der Waals surface area contributed by atoms with Crippen molar-refractivity contribution in [3.05, 3.63) is 62.0 Å². The van der Waals surface area contributed by atoms with Crippen LogP contribution >= 0.6 is 22.9 Å². The molecule has 1 fully saturated rings. The molecule has 0 saturated carbocycles. The summed E-state index contributed by atoms with van der Waals surface area (Å²) in [6.07, 6.45) is -0.209. The van der Waals surface area contributed by atoms with Crippen molar-refractivity contribution in [1.29, 1.82) is 0 Å². The number of hydrogen-bond acceptors (Lipinski definition) is 7. The number of fused-ring (bicyclic) bond motifs is 1. The van der Waals surface area contributed by atoms with E-state index in [1.807, 2.05) is 6.07 Å². The number of rotatable bonds is 7. The minimum absolute atomic E-state index is 0.0112. The standard InChI is InChI=1S/C22H23ClN4O5S/c1-13(28)27-5-6-32-17(9-27)11-31-10-15-12-33-22-18(15)20(29)25-19(26-22)21(30)24-8-14-3-2-4-16(23)7-14/h2-4,7,12,17H,5-6,8-11H2,1H3,(H,24,30)(H,25,26,29). The van der Waals surface area contributed by atoms with E-state index in [4.69, 9.17) is 21.1 Å². The van der Waals surface area contributed by atoms with Crippen LogP contribution in [0.4, 0.5) is 0 Å². The smallest absolute Gasteiger partial charge is 0.287 e. The first-order valence-corrected chi connectivity index (χ1v) is 11.6. The minimum Gasteiger partial charge on any atom is -0.374 e. The van der Waals surface area contributed by atoms with Crippen molar-refractivity contribution in [2.24, 2.45) is 0 Å². The quantitative estimate of drug-likeness (QED) is 0.525. The zero-order valence-electron chi connectivity index (χ0n) is 17.9. The molecule has 3 heterocycles. The molecule has 0 bridgehead atoms. The van der Waals surface area contributed by atoms with Gasteiger partial charge in [0.1, 0.15) is 4.83 Å². The molecule has 1 aromatic carbocycles. The summed E-state index contributed by atoms with van der Waals surface area (Å²) in [5.74, 6) is -0.523. The summed E-state index contributed by atoms with van der Waals surface area (Å²) in [4.78, 5) is 45.8. The van der Waals surface area contributed by atoms with E-state index in [1.54, 1.807) is 28.5 Å². The van der Waals surface area contributed by atoms with Crippen LogP contribution in [0, 0.1) is 0 Å². The highest BCUT2D eigenvalue weighted by molar-refractivity contribution is 7.16. The molecule has 33 heavy (non-hydrogen) atoms. The normalized spacial score (nSPS) is 16.2. The number of morpholine rings is 1. The van der Waals surface area contributed by atoms with Crippen LogP contribution in [0.5, 0.6) is 0 Å². The number of carbonyl (C=O) groups is 2. The van der Waals surface area contributed by atoms with Crippen LogP contribution in [-0.2, 0) is 27.4 Å². The predicted molar refractivity (Wildman–Crippen MR) is 125 cm³/mol. The van der Waals surface area contributed by atoms with Gasteiger partial charge in [0, 0.05) is 37.1 Å². The molecule has 1 unspecified atom stereocenters. The third kappa shape index (κ3) is 5.77. The van der Waals surface area contributed by atoms with E-state index in [9.17, 15) is 14.4 Å². The van der Waals surface area contributed by atoms with Crippen LogP contribution < -0.4 is 10.9 Å². The molecule has 2 amide bonds. The average molecular weight is 491 g/mol. The Morgan fingerprint density at radius 1 is 1.42 bits per heavy atom. The summed E-state index contributed by atoms with van der Waals surface area (Å²) in [6.45, 7) is 3.83. The van der Waals surface area contributed by atoms with Crippen molar-refractivity contribution < 1.29 is 19.1 Å². The molecular weight excluding hydrogens is 468 g/mol. The number of H-pyrrole nitrogens is 1. The SMILES string of the molecule is CC(=O)N1CCOC(COCc2csc3nc(C(=O)NCc4cccc(Cl)c4)[nH]c(=O)c23)C1. The summed E-state index contributed by atoms with van der Waals surface area (Å²) < 4.78 is 11.4. The average Bonchev–Trinajstić information content (AvgIpc) is 3.21. The van der Waals surface area contributed by atoms with E-state index < -0.39 is 11.5 Å². The number of hydrogen-bond donors (Lipinski definition) is 2. The molecular formula is C22H23ClN4O5S. The number of ether oxygens (including phenoxy) is 2. The Morgan fingerprint density at radius 2 is 2.27 bits per heavy atom. The Bertz CT molecular complexity index is 1230. The third-order valence-corrected chi connectivity index (χ3v) is 6.38. The van der Waals surface area contributed by atoms with Gasteiger partial charge >= 0.3 is 0 Å². The number of benzene rings is 1. The maximum atomic E-state index is 12.7. The lowest BCUT2D eigenvalue weighted by atomic mass is 10.2. The third-order valence-electron chi connectivity index (χ3n) is 5.22. The highest BCUT2D eigenvalue weighted by Gasteiger charge is 2.22. The topological polar surface area (TPSA) is 114 Å². The number of aromatic amines is 1. The van der Waals surface area contributed by atoms with Gasteiger partial charge in [-0.15, -0.1) is 11.3 Å². The van der Waals surface area contributed by atoms with Gasteiger partial charge in [-0.3, -0.25) is 14.4 Å². The van der Waals surface area contributed by atoms with Gasteiger partial charge in [0.05, 0.1) is 31.3 Å². The van der Waals surface area contributed by atoms with Crippen LogP contribution in [-0.4, -0.2) is 59.1 Å². The molecule has 11 heteroatoms. The number of carbonyl (C=O) groups excluding carboxylic acids is 2. The van der Waals surface area contributed by atoms with Gasteiger partial charge in [-0.25, -0.2) is 4.98 Å². The van der Waals surface area contributed by atoms with Crippen LogP contribution in [0.2, 0.25) is 5.02 Å². The minimum atomic E-state index is -0.482. The van der Waals surface area contributed by atoms with Crippen molar-refractivity contribution in [3.63, 3.8) is 0 Å². The van der Waals surface area contributed by atoms with E-state index in [1.165, 1.54) is 18.3 Å². The summed E-state index contributed by atoms with van der Waals surface area (Å²) in [5, 5.41) is 5.51. The van der Waals surface area contributed by atoms with Crippen molar-refractivity contribution in [2.75, 3.05) is 26.3 Å². The second-order valence-corrected chi connectivity index (χ2v) is 8.94. The number of nitrogens with zero attached hydrogens (tertiary/aromatic N) is 2. The van der Waals surface area contributed by atoms with E-state index in [-0.39, 0.29) is 31.0 Å². The fourth-order valence-electron chi connectivity index (χ4n) is 3.54. The zero-order valence-corrected chi connectivity index (χ0v) is 19.5. The Morgan fingerprint density at radius 3 is 3.06 bits per heavy atom. The molecule has 2 N–H and O–H groups in total. The molecule has 2 aromatic heterocycles. The van der Waals surface area contributed by atoms with Crippen molar-refractivity contribution in [3.8, 4) is 0 Å². The van der Waals surface area contributed by atoms with Gasteiger partial charge in [0.25, 0.3) is 11.5 Å². The molecule has 1 atom stereocenters. The van der Waals surface area contributed by atoms with Crippen molar-refractivity contribution >= 4 is 45.0 Å². The first-order valence-electron chi connectivity index (χ1n) is 10.4. The lowest BCUT2D eigenvalue weighted by Crippen LogP contribution is -2.46. The molecule has 1 aliphatic rings. The lowest BCUT2D eigenvalue weighted by molar-refractivity contribution is -0.139. The second-order valence-electron chi connectivity index (χ2n) is 7.64. The van der Waals surface area contributed by atoms with Gasteiger partial charge in [-0.05, 0) is 23.1 Å². The molecule has 1 aliphatic heterocycles. The number of aromatic nitrogens is 2. The largest absolute Gasteiger partial charge is 0.374 e. The summed E-state index contributed by atoms with van der Waals surface area (Å²) in [5.41, 5.74) is 1.13. The first-order chi connectivity index (χ1) is 15.9. The van der Waals surface area contributed by atoms with Crippen LogP contribution in [0.3, 0.4) is 0 Å². The fourth-order valence-corrected chi connectivity index (χ4v) is 4.68. The lowest BCUT2D eigenvalue weighted by Gasteiger charge is -2.32. The van der Waals surface area contributed by atoms with Crippen molar-refractivity contribution in [2.45, 2.75) is 26.2 Å². The number of nitrogens with one attached hydrogen (secondary N) is 2. The molecule has 0 radical (unpaired) electrons. The van der Waals surface area contributed by atoms with Gasteiger partial charge in [0.15, 0.2) is 0 Å². The highest BCUT2D eigenvalue weighted by Crippen LogP contribution is 2.22. The number of amides is 2. The Hall–Kier alpha value is -2.79. The van der Waals surface area contributed by atoms with Gasteiger partial charge in [0.2, 0.25) is 11.7 Å². The highest BCUT2D eigenvalue weighted by atomic mass is 35.5. The van der Waals surface area contributed by atoms with E-state index >= 15 is 0 Å². The first kappa shape index (κ1) is 23.4. The molecule has 4 rings (SSSR count). The Labute approximate surface area is 198 Å². The number of halogens is 1. The summed E-state index contributed by atoms with van der Waals surface area (Å²) in [6, 6.07) is 7.14. The molecule has 174 valence electrons. The molecule has 0 spiro atoms. The van der Waals surface area contributed by atoms with Crippen LogP contribution in [0.15, 0.2) is 34.4 Å². The van der Waals surface area contributed by atoms with E-state index in [0.717, 1.165) is 5.56 Å². The summed E-state index contributed by atoms with van der Waals surface area (Å²) in [7, 11) is 0. The molecule has 0 aliphatic carbocycles. The molecule has 9 nitrogen and oxygen atoms in total. The van der Waals surface area contributed by atoms with Gasteiger partial charge in [-0.2, -0.15) is 0 Å². The number of thiophene rings is 1. The molecule has 1 saturated heterocycles. The molecule has 3 aromatic rings. The van der Waals surface area contributed by atoms with E-state index in [0.29, 0.717) is 47.1 Å². The maximum Gasteiger partial charge on any atom is 0.287 e. The van der Waals surface area contributed by atoms with E-state index in [2.05, 4.69) is 15.3 Å². The fraction of sp³-hybridized carbons (Fsp3) is 0.364. The van der Waals surface area contributed by atoms with Crippen molar-refractivity contribution in [1.82, 2.24) is 20.2 Å². The van der Waals surface area contributed by atoms with Gasteiger partial charge in [-0.1, -0.05) is 23.7 Å². The zero-order chi connectivity index (χ0) is 23.4.